The van der Waals surface area contributed by atoms with E-state index >= 15 is 0 Å². The molecule has 1 atom stereocenters. The van der Waals surface area contributed by atoms with Crippen LogP contribution in [0, 0.1) is 0 Å². The van der Waals surface area contributed by atoms with Gasteiger partial charge in [-0.3, -0.25) is 4.79 Å². The van der Waals surface area contributed by atoms with Crippen molar-refractivity contribution in [1.82, 2.24) is 9.78 Å². The van der Waals surface area contributed by atoms with Gasteiger partial charge in [-0.15, -0.1) is 0 Å². The number of nitrogens with zero attached hydrogens (tertiary/aromatic N) is 2. The van der Waals surface area contributed by atoms with Gasteiger partial charge in [0.1, 0.15) is 6.73 Å². The number of carboxylic acids is 1. The molecule has 21 heavy (non-hydrogen) atoms. The normalized spacial score (nSPS) is 14.9. The molecule has 0 fully saturated rings. The number of nitrogens with two attached hydrogens (primary N) is 1. The van der Waals surface area contributed by atoms with Gasteiger partial charge in [-0.25, -0.2) is 4.68 Å². The molecule has 0 spiro atoms. The highest BCUT2D eigenvalue weighted by atomic mass is 28.3. The van der Waals surface area contributed by atoms with Crippen LogP contribution in [0.15, 0.2) is 12.4 Å². The summed E-state index contributed by atoms with van der Waals surface area (Å²) in [7, 11) is -1.08. The Kier molecular flexibility index (Phi) is 6.12. The molecule has 0 bridgehead atoms. The largest absolute Gasteiger partial charge is 0.481 e. The summed E-state index contributed by atoms with van der Waals surface area (Å²) in [6.07, 6.45) is 3.85. The van der Waals surface area contributed by atoms with Crippen LogP contribution in [0.2, 0.25) is 25.7 Å². The highest BCUT2D eigenvalue weighted by Gasteiger charge is 2.29. The highest BCUT2D eigenvalue weighted by Crippen LogP contribution is 2.25. The molecule has 0 saturated heterocycles. The second-order valence-electron chi connectivity index (χ2n) is 6.70. The summed E-state index contributed by atoms with van der Waals surface area (Å²) in [5, 5.41) is 13.2. The van der Waals surface area contributed by atoms with Crippen LogP contribution in [0.4, 0.5) is 0 Å². The second kappa shape index (κ2) is 7.19. The molecule has 1 aromatic rings. The van der Waals surface area contributed by atoms with Crippen LogP contribution in [0.25, 0.3) is 0 Å². The van der Waals surface area contributed by atoms with Crippen LogP contribution in [-0.4, -0.2) is 35.5 Å². The summed E-state index contributed by atoms with van der Waals surface area (Å²) in [5.74, 6) is -0.904. The molecular weight excluding hydrogens is 286 g/mol. The first kappa shape index (κ1) is 17.9. The van der Waals surface area contributed by atoms with Crippen molar-refractivity contribution in [2.24, 2.45) is 5.73 Å². The minimum absolute atomic E-state index is 0.105. The van der Waals surface area contributed by atoms with E-state index in [2.05, 4.69) is 24.7 Å². The first-order valence-corrected chi connectivity index (χ1v) is 11.0. The zero-order chi connectivity index (χ0) is 16.1. The standard InChI is InChI=1S/C14H27N3O3Si/c1-5-14(15,8-13(18)19)12-9-16-17(10-12)11-20-6-7-21(2,3)4/h9-10H,5-8,11,15H2,1-4H3,(H,18,19). The van der Waals surface area contributed by atoms with Crippen molar-refractivity contribution in [3.63, 3.8) is 0 Å². The Morgan fingerprint density at radius 3 is 2.71 bits per heavy atom. The molecule has 0 aromatic carbocycles. The monoisotopic (exact) mass is 313 g/mol. The van der Waals surface area contributed by atoms with E-state index < -0.39 is 19.6 Å². The van der Waals surface area contributed by atoms with E-state index in [1.807, 2.05) is 6.92 Å². The van der Waals surface area contributed by atoms with Crippen molar-refractivity contribution < 1.29 is 14.6 Å². The van der Waals surface area contributed by atoms with Gasteiger partial charge in [0.25, 0.3) is 0 Å². The molecule has 0 radical (unpaired) electrons. The predicted octanol–water partition coefficient (Wildman–Crippen LogP) is 2.23. The number of carboxylic acid groups (broad SMARTS) is 1. The van der Waals surface area contributed by atoms with Crippen LogP contribution >= 0.6 is 0 Å². The van der Waals surface area contributed by atoms with Crippen molar-refractivity contribution in [2.45, 2.75) is 57.7 Å². The molecule has 1 rings (SSSR count). The Hall–Kier alpha value is -1.18. The van der Waals surface area contributed by atoms with E-state index in [1.165, 1.54) is 0 Å². The van der Waals surface area contributed by atoms with Crippen molar-refractivity contribution in [1.29, 1.82) is 0 Å². The fourth-order valence-corrected chi connectivity index (χ4v) is 2.69. The fourth-order valence-electron chi connectivity index (χ4n) is 1.93. The molecule has 0 aliphatic rings. The number of carbonyl (C=O) groups is 1. The maximum Gasteiger partial charge on any atom is 0.305 e. The van der Waals surface area contributed by atoms with Crippen molar-refractivity contribution in [2.75, 3.05) is 6.61 Å². The number of ether oxygens (including phenoxy) is 1. The quantitative estimate of drug-likeness (QED) is 0.539. The molecular formula is C14H27N3O3Si. The van der Waals surface area contributed by atoms with Gasteiger partial charge in [-0.1, -0.05) is 26.6 Å². The van der Waals surface area contributed by atoms with Crippen LogP contribution in [0.5, 0.6) is 0 Å². The molecule has 0 amide bonds. The number of hydrogen-bond donors (Lipinski definition) is 2. The van der Waals surface area contributed by atoms with Gasteiger partial charge in [0.05, 0.1) is 18.2 Å². The molecule has 0 saturated carbocycles. The zero-order valence-corrected chi connectivity index (χ0v) is 14.4. The zero-order valence-electron chi connectivity index (χ0n) is 13.4. The van der Waals surface area contributed by atoms with E-state index in [-0.39, 0.29) is 6.42 Å². The average Bonchev–Trinajstić information content (AvgIpc) is 2.82. The van der Waals surface area contributed by atoms with Gasteiger partial charge >= 0.3 is 5.97 Å². The average molecular weight is 313 g/mol. The topological polar surface area (TPSA) is 90.4 Å². The Labute approximate surface area is 127 Å². The number of hydrogen-bond acceptors (Lipinski definition) is 4. The second-order valence-corrected chi connectivity index (χ2v) is 12.3. The fraction of sp³-hybridized carbons (Fsp3) is 0.714. The third-order valence-electron chi connectivity index (χ3n) is 3.53. The first-order chi connectivity index (χ1) is 9.66. The molecule has 0 aliphatic carbocycles. The minimum atomic E-state index is -1.08. The third-order valence-corrected chi connectivity index (χ3v) is 5.23. The van der Waals surface area contributed by atoms with E-state index in [0.29, 0.717) is 13.2 Å². The van der Waals surface area contributed by atoms with Gasteiger partial charge in [0, 0.05) is 26.4 Å². The van der Waals surface area contributed by atoms with Crippen LogP contribution < -0.4 is 5.73 Å². The molecule has 3 N–H and O–H groups in total. The van der Waals surface area contributed by atoms with E-state index in [4.69, 9.17) is 15.6 Å². The Morgan fingerprint density at radius 1 is 1.52 bits per heavy atom. The summed E-state index contributed by atoms with van der Waals surface area (Å²) in [6.45, 7) is 9.89. The van der Waals surface area contributed by atoms with E-state index in [9.17, 15) is 4.79 Å². The Morgan fingerprint density at radius 2 is 2.19 bits per heavy atom. The molecule has 0 aliphatic heterocycles. The maximum absolute atomic E-state index is 10.9. The Balaban J connectivity index is 2.58. The first-order valence-electron chi connectivity index (χ1n) is 7.28. The summed E-state index contributed by atoms with van der Waals surface area (Å²) in [6, 6.07) is 1.11. The van der Waals surface area contributed by atoms with Crippen LogP contribution in [-0.2, 0) is 21.8 Å². The third kappa shape index (κ3) is 5.99. The smallest absolute Gasteiger partial charge is 0.305 e. The van der Waals surface area contributed by atoms with E-state index in [0.717, 1.165) is 18.2 Å². The minimum Gasteiger partial charge on any atom is -0.481 e. The molecule has 1 unspecified atom stereocenters. The van der Waals surface area contributed by atoms with Crippen LogP contribution in [0.1, 0.15) is 25.3 Å². The van der Waals surface area contributed by atoms with Gasteiger partial charge < -0.3 is 15.6 Å². The summed E-state index contributed by atoms with van der Waals surface area (Å²) in [5.41, 5.74) is 6.04. The summed E-state index contributed by atoms with van der Waals surface area (Å²) in [4.78, 5) is 10.9. The lowest BCUT2D eigenvalue weighted by molar-refractivity contribution is -0.138. The van der Waals surface area contributed by atoms with Gasteiger partial charge in [0.15, 0.2) is 0 Å². The number of aromatic nitrogens is 2. The highest BCUT2D eigenvalue weighted by molar-refractivity contribution is 6.76. The number of rotatable bonds is 9. The van der Waals surface area contributed by atoms with Crippen molar-refractivity contribution in [3.05, 3.63) is 18.0 Å². The maximum atomic E-state index is 10.9. The van der Waals surface area contributed by atoms with Gasteiger partial charge in [0.2, 0.25) is 0 Å². The molecule has 6 nitrogen and oxygen atoms in total. The predicted molar refractivity (Wildman–Crippen MR) is 84.7 cm³/mol. The molecule has 120 valence electrons. The SMILES string of the molecule is CCC(N)(CC(=O)O)c1cnn(COCC[Si](C)(C)C)c1. The van der Waals surface area contributed by atoms with Gasteiger partial charge in [-0.2, -0.15) is 5.10 Å². The lowest BCUT2D eigenvalue weighted by atomic mass is 9.87. The Bertz CT molecular complexity index is 470. The summed E-state index contributed by atoms with van der Waals surface area (Å²) < 4.78 is 7.28. The lowest BCUT2D eigenvalue weighted by Crippen LogP contribution is -2.38. The van der Waals surface area contributed by atoms with Crippen molar-refractivity contribution >= 4 is 14.0 Å². The van der Waals surface area contributed by atoms with Crippen LogP contribution in [0.3, 0.4) is 0 Å². The van der Waals surface area contributed by atoms with Gasteiger partial charge in [-0.05, 0) is 12.5 Å². The number of aliphatic carboxylic acids is 1. The van der Waals surface area contributed by atoms with Crippen molar-refractivity contribution in [3.8, 4) is 0 Å². The molecule has 1 heterocycles. The molecule has 1 aromatic heterocycles. The molecule has 7 heteroatoms. The summed E-state index contributed by atoms with van der Waals surface area (Å²) >= 11 is 0. The lowest BCUT2D eigenvalue weighted by Gasteiger charge is -2.24. The van der Waals surface area contributed by atoms with E-state index in [1.54, 1.807) is 17.1 Å².